The first-order valence-electron chi connectivity index (χ1n) is 18.2. The molecule has 0 aromatic carbocycles. The second-order valence-corrected chi connectivity index (χ2v) is 13.5. The molecule has 0 bridgehead atoms. The summed E-state index contributed by atoms with van der Waals surface area (Å²) in [6, 6.07) is 4.13. The number of aryl methyl sites for hydroxylation is 6. The van der Waals surface area contributed by atoms with E-state index in [1.54, 1.807) is 41.5 Å². The van der Waals surface area contributed by atoms with E-state index in [0.717, 1.165) is 14.0 Å². The maximum Gasteiger partial charge on any atom is 0.259 e. The maximum absolute atomic E-state index is 10.2. The zero-order valence-electron chi connectivity index (χ0n) is 33.3. The average Bonchev–Trinajstić information content (AvgIpc) is 4.14. The van der Waals surface area contributed by atoms with Gasteiger partial charge in [-0.1, -0.05) is 0 Å². The number of nitrogens with zero attached hydrogens (tertiary/aromatic N) is 27. The first-order chi connectivity index (χ1) is 30.5. The Balaban J connectivity index is 1.16. The lowest BCUT2D eigenvalue weighted by molar-refractivity contribution is 0.706. The molecule has 0 aliphatic carbocycles. The number of rotatable bonds is 9. The predicted molar refractivity (Wildman–Crippen MR) is 210 cm³/mol. The topological polar surface area (TPSA) is 356 Å². The smallest absolute Gasteiger partial charge is 0.259 e. The minimum Gasteiger partial charge on any atom is -0.324 e. The van der Waals surface area contributed by atoms with Crippen LogP contribution in [0.1, 0.15) is 45.7 Å². The summed E-state index contributed by atoms with van der Waals surface area (Å²) in [5, 5.41) is 86.0. The SMILES string of the molecule is [C-]#[N+]c1cnn(-c2nc(-n3ncc(C#N)c3N=Nc3c(C)nn4nc(C)[nH]c34)nc(-n3ncc(C#N)c3N=Nc3c(C)nn4nc(C)[nH]c34)n2)c1N=Nc1c(C)nn2nc(C)[nH]c12. The van der Waals surface area contributed by atoms with Gasteiger partial charge in [0.1, 0.15) is 40.7 Å². The van der Waals surface area contributed by atoms with Crippen LogP contribution in [0.15, 0.2) is 49.3 Å². The summed E-state index contributed by atoms with van der Waals surface area (Å²) in [6.07, 6.45) is 3.76. The monoisotopic (exact) mass is 840 g/mol. The van der Waals surface area contributed by atoms with Gasteiger partial charge in [-0.15, -0.1) is 59.9 Å². The van der Waals surface area contributed by atoms with Crippen molar-refractivity contribution in [3.8, 4) is 30.0 Å². The van der Waals surface area contributed by atoms with Gasteiger partial charge in [-0.3, -0.25) is 0 Å². The maximum atomic E-state index is 10.2. The predicted octanol–water partition coefficient (Wildman–Crippen LogP) is 4.93. The van der Waals surface area contributed by atoms with E-state index in [2.05, 4.69) is 123 Å². The second-order valence-electron chi connectivity index (χ2n) is 13.5. The van der Waals surface area contributed by atoms with E-state index in [4.69, 9.17) is 6.57 Å². The van der Waals surface area contributed by atoms with Crippen molar-refractivity contribution >= 4 is 57.1 Å². The van der Waals surface area contributed by atoms with Gasteiger partial charge in [0.05, 0.1) is 42.2 Å². The fourth-order valence-electron chi connectivity index (χ4n) is 6.33. The van der Waals surface area contributed by atoms with E-state index < -0.39 is 0 Å². The van der Waals surface area contributed by atoms with E-state index in [9.17, 15) is 10.5 Å². The Morgan fingerprint density at radius 2 is 0.857 bits per heavy atom. The van der Waals surface area contributed by atoms with Crippen LogP contribution in [0.5, 0.6) is 0 Å². The largest absolute Gasteiger partial charge is 0.324 e. The molecule has 0 aliphatic heterocycles. The molecule has 0 saturated carbocycles. The lowest BCUT2D eigenvalue weighted by atomic mass is 10.4. The number of nitrogens with one attached hydrogen (secondary N) is 3. The quantitative estimate of drug-likeness (QED) is 0.128. The van der Waals surface area contributed by atoms with Crippen LogP contribution >= 0.6 is 0 Å². The molecular formula is C33H24N30. The van der Waals surface area contributed by atoms with E-state index in [1.807, 2.05) is 0 Å². The summed E-state index contributed by atoms with van der Waals surface area (Å²) in [5.41, 5.74) is 3.97. The Morgan fingerprint density at radius 3 is 1.22 bits per heavy atom. The van der Waals surface area contributed by atoms with Gasteiger partial charge in [0.25, 0.3) is 23.5 Å². The number of azo groups is 3. The minimum absolute atomic E-state index is 0.00199. The molecule has 0 fully saturated rings. The molecule has 0 spiro atoms. The van der Waals surface area contributed by atoms with Crippen LogP contribution in [0.3, 0.4) is 0 Å². The Hall–Kier alpha value is -10.1. The molecule has 0 amide bonds. The van der Waals surface area contributed by atoms with E-state index in [1.165, 1.54) is 32.5 Å². The molecule has 10 aromatic rings. The van der Waals surface area contributed by atoms with Crippen molar-refractivity contribution in [2.75, 3.05) is 0 Å². The third kappa shape index (κ3) is 6.08. The zero-order valence-corrected chi connectivity index (χ0v) is 33.3. The van der Waals surface area contributed by atoms with E-state index in [0.29, 0.717) is 68.6 Å². The normalized spacial score (nSPS) is 12.0. The molecule has 0 radical (unpaired) electrons. The third-order valence-corrected chi connectivity index (χ3v) is 9.14. The Kier molecular flexibility index (Phi) is 8.31. The van der Waals surface area contributed by atoms with Crippen LogP contribution in [0.2, 0.25) is 0 Å². The highest BCUT2D eigenvalue weighted by atomic mass is 15.5. The molecular weight excluding hydrogens is 817 g/mol. The van der Waals surface area contributed by atoms with E-state index in [-0.39, 0.29) is 52.1 Å². The Morgan fingerprint density at radius 1 is 0.508 bits per heavy atom. The van der Waals surface area contributed by atoms with Crippen LogP contribution in [-0.4, -0.2) is 104 Å². The number of nitriles is 2. The van der Waals surface area contributed by atoms with Crippen molar-refractivity contribution in [1.29, 1.82) is 10.5 Å². The fourth-order valence-corrected chi connectivity index (χ4v) is 6.33. The third-order valence-electron chi connectivity index (χ3n) is 9.14. The van der Waals surface area contributed by atoms with Crippen LogP contribution in [0.4, 0.5) is 40.2 Å². The standard InChI is InChI=1S/C33H24N30/c1-13-22(28-40-16(4)55-61(28)52-13)46-49-25-19(8-34)10-37-58(25)31-43-32(59-26(20(9-35)11-38-59)50-47-23-14(2)53-62-29(23)41-17(5)56-62)45-33(44-31)60-27(21(36-7)12-39-60)51-48-24-15(3)54-63-30(24)42-18(6)57-63/h10-12H,1-6H3,(H,40,55)(H,41,56)(H,42,57). The Labute approximate surface area is 348 Å². The minimum atomic E-state index is -0.233. The first kappa shape index (κ1) is 37.2. The summed E-state index contributed by atoms with van der Waals surface area (Å²) in [6.45, 7) is 18.4. The highest BCUT2D eigenvalue weighted by Crippen LogP contribution is 2.35. The number of aromatic amines is 3. The van der Waals surface area contributed by atoms with Crippen molar-refractivity contribution in [1.82, 2.24) is 104 Å². The van der Waals surface area contributed by atoms with Gasteiger partial charge in [0.15, 0.2) is 51.5 Å². The number of hydrogen-bond donors (Lipinski definition) is 3. The van der Waals surface area contributed by atoms with Crippen molar-refractivity contribution < 1.29 is 0 Å². The zero-order chi connectivity index (χ0) is 43.7. The molecule has 30 heteroatoms. The van der Waals surface area contributed by atoms with Crippen molar-refractivity contribution in [2.45, 2.75) is 41.5 Å². The lowest BCUT2D eigenvalue weighted by Gasteiger charge is -2.09. The van der Waals surface area contributed by atoms with Gasteiger partial charge in [-0.2, -0.15) is 70.1 Å². The van der Waals surface area contributed by atoms with Gasteiger partial charge in [-0.05, 0) is 41.5 Å². The van der Waals surface area contributed by atoms with Gasteiger partial charge in [-0.25, -0.2) is 4.85 Å². The summed E-state index contributed by atoms with van der Waals surface area (Å²) in [4.78, 5) is 26.8. The van der Waals surface area contributed by atoms with Crippen LogP contribution in [-0.2, 0) is 0 Å². The van der Waals surface area contributed by atoms with Gasteiger partial charge >= 0.3 is 0 Å². The number of hydrogen-bond acceptors (Lipinski definition) is 20. The van der Waals surface area contributed by atoms with Gasteiger partial charge in [0, 0.05) is 0 Å². The molecule has 0 atom stereocenters. The molecule has 0 unspecified atom stereocenters. The van der Waals surface area contributed by atoms with Crippen molar-refractivity contribution in [2.24, 2.45) is 30.7 Å². The molecule has 30 nitrogen and oxygen atoms in total. The number of aromatic nitrogens is 21. The fraction of sp³-hybridized carbons (Fsp3) is 0.182. The summed E-state index contributed by atoms with van der Waals surface area (Å²) < 4.78 is 7.59. The van der Waals surface area contributed by atoms with Gasteiger partial charge in [0.2, 0.25) is 0 Å². The second kappa shape index (κ2) is 14.1. The Bertz CT molecular complexity index is 3300. The molecule has 0 saturated heterocycles. The molecule has 10 aromatic heterocycles. The van der Waals surface area contributed by atoms with Crippen molar-refractivity contribution in [3.63, 3.8) is 0 Å². The summed E-state index contributed by atoms with van der Waals surface area (Å²) >= 11 is 0. The molecule has 10 rings (SSSR count). The highest BCUT2D eigenvalue weighted by molar-refractivity contribution is 5.69. The van der Waals surface area contributed by atoms with Crippen molar-refractivity contribution in [3.05, 3.63) is 75.7 Å². The van der Waals surface area contributed by atoms with E-state index >= 15 is 0 Å². The first-order valence-corrected chi connectivity index (χ1v) is 18.2. The number of fused-ring (bicyclic) bond motifs is 3. The molecule has 3 N–H and O–H groups in total. The van der Waals surface area contributed by atoms with Gasteiger partial charge < -0.3 is 15.0 Å². The summed E-state index contributed by atoms with van der Waals surface area (Å²) in [5.74, 6) is 0.838. The lowest BCUT2D eigenvalue weighted by Crippen LogP contribution is -2.14. The molecule has 10 heterocycles. The molecule has 0 aliphatic rings. The van der Waals surface area contributed by atoms with Crippen LogP contribution in [0.25, 0.3) is 39.6 Å². The van der Waals surface area contributed by atoms with Crippen LogP contribution < -0.4 is 0 Å². The molecule has 63 heavy (non-hydrogen) atoms. The highest BCUT2D eigenvalue weighted by Gasteiger charge is 2.25. The average molecular weight is 841 g/mol. The molecule has 306 valence electrons. The van der Waals surface area contributed by atoms with Crippen LogP contribution in [0, 0.1) is 70.8 Å². The number of H-pyrrole nitrogens is 3. The summed E-state index contributed by atoms with van der Waals surface area (Å²) in [7, 11) is 0.